The molecule has 0 heterocycles. The molecule has 0 aromatic heterocycles. The van der Waals surface area contributed by atoms with Crippen LogP contribution in [0.3, 0.4) is 0 Å². The van der Waals surface area contributed by atoms with Crippen molar-refractivity contribution < 1.29 is 231 Å². The van der Waals surface area contributed by atoms with Gasteiger partial charge in [0, 0.05) is 25.1 Å². The molecule has 2 N–H and O–H groups in total. The van der Waals surface area contributed by atoms with E-state index in [2.05, 4.69) is 0 Å². The van der Waals surface area contributed by atoms with Gasteiger partial charge in [0.25, 0.3) is 5.92 Å². The van der Waals surface area contributed by atoms with E-state index in [0.717, 1.165) is 104 Å². The average Bonchev–Trinajstić information content (AvgIpc) is 0.736. The molecule has 3 unspecified atom stereocenters. The summed E-state index contributed by atoms with van der Waals surface area (Å²) in [7, 11) is -19.3. The zero-order valence-electron chi connectivity index (χ0n) is 69.0. The number of Topliss-reactive ketones (excluding diaryl/α,β-unsaturated/α-hetero) is 1. The Bertz CT molecular complexity index is 5370. The number of quaternary nitrogens is 1. The van der Waals surface area contributed by atoms with E-state index in [-0.39, 0.29) is 37.0 Å². The van der Waals surface area contributed by atoms with Crippen molar-refractivity contribution in [2.45, 2.75) is 183 Å². The molecule has 10 nitrogen and oxygen atoms in total. The number of sulfone groups is 1. The number of halogens is 36. The van der Waals surface area contributed by atoms with Crippen molar-refractivity contribution in [1.82, 2.24) is 0 Å². The molecule has 0 fully saturated rings. The molecule has 0 saturated heterocycles. The van der Waals surface area contributed by atoms with Gasteiger partial charge in [-0.25, -0.2) is 22.0 Å². The number of rotatable bonds is 20. The van der Waals surface area contributed by atoms with Crippen molar-refractivity contribution in [1.29, 1.82) is 0 Å². The molecule has 9 aromatic carbocycles. The summed E-state index contributed by atoms with van der Waals surface area (Å²) in [5.74, 6) is -25.9. The fraction of sp³-hybridized carbons (Fsp3) is 0.284. The van der Waals surface area contributed by atoms with Gasteiger partial charge in [-0.1, -0.05) is 53.1 Å². The van der Waals surface area contributed by atoms with Gasteiger partial charge in [-0.3, -0.25) is 4.79 Å². The van der Waals surface area contributed by atoms with Crippen LogP contribution in [0.15, 0.2) is 244 Å². The molecule has 0 aliphatic rings. The number of alkyl halides is 34. The van der Waals surface area contributed by atoms with E-state index in [4.69, 9.17) is 12.6 Å². The van der Waals surface area contributed by atoms with Gasteiger partial charge in [-0.05, 0) is 204 Å². The van der Waals surface area contributed by atoms with Gasteiger partial charge in [-0.2, -0.15) is 154 Å². The SMILES string of the molecule is CC(F)(F)C(F)(F)C(F)(F)S(=O)(=O)[NH2+]C(=O)CC(F)(F)F.Cc1ccc([S+](c2ccc(C(F)(F)F)cc2)c2cc(C)cc(C(F)(F)F)c2)cc1.Cc1ccc([S+](c2ccc(C(F)(F)F)cc2)c2cc(C)cc(C(F)(F)F)c2)cc1.Cc1ccc([S+](c2ccc(C(F)(F)F)cc2)c2cc(C)cc(C(F)(F)F)c2)cc1.O=C(CC(F)(F)F)CS(=O)(=O)C(F)(F)C(F)(F)[C-](F)F.O=S(=O)=O.[CH3-].[Na+]. The molecule has 0 aliphatic heterocycles. The maximum Gasteiger partial charge on any atom is 1.00 e. The van der Waals surface area contributed by atoms with Crippen LogP contribution in [-0.4, -0.2) is 87.5 Å². The van der Waals surface area contributed by atoms with Crippen LogP contribution in [-0.2, 0) is 110 Å². The van der Waals surface area contributed by atoms with Crippen molar-refractivity contribution >= 4 is 74.8 Å². The second kappa shape index (κ2) is 46.2. The number of hydrogen-bond donors (Lipinski definition) is 1. The number of hydrogen-bond acceptors (Lipinski definition) is 9. The van der Waals surface area contributed by atoms with Crippen LogP contribution in [0.5, 0.6) is 0 Å². The van der Waals surface area contributed by atoms with Gasteiger partial charge in [0.15, 0.2) is 56.3 Å². The Hall–Kier alpha value is -8.67. The van der Waals surface area contributed by atoms with Crippen LogP contribution in [0.1, 0.15) is 86.5 Å². The summed E-state index contributed by atoms with van der Waals surface area (Å²) >= 11 is 0. The normalized spacial score (nSPS) is 13.4. The molecule has 0 saturated carbocycles. The molecule has 53 heteroatoms. The average molecular weight is 2100 g/mol. The number of ketones is 1. The summed E-state index contributed by atoms with van der Waals surface area (Å²) in [6, 6.07) is 46.9. The number of primary amides is 1. The van der Waals surface area contributed by atoms with E-state index < -0.39 is 223 Å². The van der Waals surface area contributed by atoms with Crippen molar-refractivity contribution in [3.8, 4) is 0 Å². The number of primary sulfonamides is 1. The van der Waals surface area contributed by atoms with Crippen LogP contribution >= 0.6 is 0 Å². The van der Waals surface area contributed by atoms with Crippen molar-refractivity contribution in [3.05, 3.63) is 281 Å². The molecule has 134 heavy (non-hydrogen) atoms. The third-order valence-corrected chi connectivity index (χ3v) is 26.4. The Morgan fingerprint density at radius 1 is 0.321 bits per heavy atom. The van der Waals surface area contributed by atoms with E-state index in [1.807, 2.05) is 57.2 Å². The summed E-state index contributed by atoms with van der Waals surface area (Å²) in [5, 5.41) is -12.9. The molecule has 3 atom stereocenters. The van der Waals surface area contributed by atoms with Gasteiger partial charge in [0.2, 0.25) is 9.84 Å². The number of nitrogens with two attached hydrogens (primary N) is 1. The van der Waals surface area contributed by atoms with Crippen LogP contribution in [0.2, 0.25) is 0 Å². The maximum absolute atomic E-state index is 13.3. The summed E-state index contributed by atoms with van der Waals surface area (Å²) in [5.41, 5.74) is -0.474. The molecular formula is C81H65F36NNaO9S6+3. The molecule has 0 aliphatic carbocycles. The van der Waals surface area contributed by atoms with Gasteiger partial charge in [-0.15, -0.1) is 12.6 Å². The number of carbonyl (C=O) groups excluding carboxylic acids is 2. The first-order valence-electron chi connectivity index (χ1n) is 35.3. The summed E-state index contributed by atoms with van der Waals surface area (Å²) in [6.45, 7) is 9.65. The van der Waals surface area contributed by atoms with Gasteiger partial charge >= 0.3 is 128 Å². The van der Waals surface area contributed by atoms with Gasteiger partial charge in [0.1, 0.15) is 12.2 Å². The Morgan fingerprint density at radius 2 is 0.537 bits per heavy atom. The van der Waals surface area contributed by atoms with Crippen LogP contribution in [0, 0.1) is 55.4 Å². The standard InChI is InChI=1S/3C22H17F6S.C7H6F9NO3S.C7H4F9O3S.CH3.Na.O3S/c3*1-14-3-7-18(8-4-14)29(19-9-5-16(6-10-19)21(23,24)25)20-12-15(2)11-17(13-20)22(26,27)28;1-4(8,9)6(13,14)7(15,16)21(19,20)17-3(18)2-5(10,11)12;8-4(9)6(13,14)7(15,16)20(18,19)2-3(17)1-5(10,11)12;;;1-4(2)3/h3*3-13H,1-2H3;2H2,1H3,(H,17,18);1-2H2;1H3;;/q3*+1;;2*-1;+1;/p+1. The first-order valence-corrected chi connectivity index (χ1v) is 43.2. The predicted molar refractivity (Wildman–Crippen MR) is 411 cm³/mol. The minimum absolute atomic E-state index is 0. The summed E-state index contributed by atoms with van der Waals surface area (Å²) in [6.07, 6.45) is -46.8. The Morgan fingerprint density at radius 3 is 0.731 bits per heavy atom. The fourth-order valence-electron chi connectivity index (χ4n) is 10.5. The minimum Gasteiger partial charge on any atom is -0.415 e. The van der Waals surface area contributed by atoms with Crippen LogP contribution < -0.4 is 34.3 Å². The second-order valence-electron chi connectivity index (χ2n) is 27.6. The predicted octanol–water partition coefficient (Wildman–Crippen LogP) is 22.6. The van der Waals surface area contributed by atoms with Gasteiger partial charge < -0.3 is 16.2 Å². The van der Waals surface area contributed by atoms with E-state index in [1.54, 1.807) is 75.4 Å². The van der Waals surface area contributed by atoms with Crippen LogP contribution in [0.25, 0.3) is 0 Å². The minimum atomic E-state index is -6.71. The molecule has 0 bridgehead atoms. The molecule has 9 aromatic rings. The van der Waals surface area contributed by atoms with Gasteiger partial charge in [0.05, 0.1) is 72.5 Å². The maximum atomic E-state index is 13.3. The Labute approximate surface area is 771 Å². The zero-order chi connectivity index (χ0) is 102. The quantitative estimate of drug-likeness (QED) is 0.0338. The largest absolute Gasteiger partial charge is 1.00 e. The molecule has 1 amide bonds. The summed E-state index contributed by atoms with van der Waals surface area (Å²) < 4.78 is 523. The third kappa shape index (κ3) is 34.8. The molecule has 9 rings (SSSR count). The van der Waals surface area contributed by atoms with E-state index in [1.165, 1.54) is 36.4 Å². The number of amides is 1. The second-order valence-corrected chi connectivity index (χ2v) is 37.9. The van der Waals surface area contributed by atoms with E-state index >= 15 is 0 Å². The number of benzene rings is 9. The number of aryl methyl sites for hydroxylation is 6. The first kappa shape index (κ1) is 121. The molecular weight excluding hydrogens is 2030 g/mol. The number of sulfonamides is 1. The fourth-order valence-corrected chi connectivity index (χ4v) is 19.3. The Balaban J connectivity index is 0.000000564. The first-order chi connectivity index (χ1) is 59.5. The Kier molecular flexibility index (Phi) is 41.8. The topological polar surface area (TPSA) is 170 Å². The molecule has 734 valence electrons. The van der Waals surface area contributed by atoms with Crippen molar-refractivity contribution in [3.63, 3.8) is 0 Å². The zero-order valence-corrected chi connectivity index (χ0v) is 75.9. The molecule has 0 radical (unpaired) electrons. The van der Waals surface area contributed by atoms with E-state index in [9.17, 15) is 184 Å². The van der Waals surface area contributed by atoms with Crippen molar-refractivity contribution in [2.24, 2.45) is 0 Å². The monoisotopic (exact) mass is 2090 g/mol. The van der Waals surface area contributed by atoms with E-state index in [0.29, 0.717) is 46.1 Å². The molecule has 0 spiro atoms. The smallest absolute Gasteiger partial charge is 0.415 e. The third-order valence-electron chi connectivity index (χ3n) is 16.5. The number of carbonyl (C=O) groups is 2. The van der Waals surface area contributed by atoms with Crippen molar-refractivity contribution in [2.75, 3.05) is 5.75 Å². The summed E-state index contributed by atoms with van der Waals surface area (Å²) in [4.78, 5) is 26.1. The van der Waals surface area contributed by atoms with Crippen LogP contribution in [0.4, 0.5) is 158 Å².